The second-order valence-electron chi connectivity index (χ2n) is 10.0. The molecule has 0 radical (unpaired) electrons. The number of nitrogens with zero attached hydrogens (tertiary/aromatic N) is 5. The Morgan fingerprint density at radius 3 is 1.88 bits per heavy atom. The first-order chi connectivity index (χ1) is 20.2. The third kappa shape index (κ3) is 4.87. The second kappa shape index (κ2) is 10.6. The van der Waals surface area contributed by atoms with E-state index in [2.05, 4.69) is 24.3 Å². The molecule has 0 amide bonds. The first-order valence-electron chi connectivity index (χ1n) is 13.6. The van der Waals surface area contributed by atoms with E-state index in [0.717, 1.165) is 45.0 Å². The quantitative estimate of drug-likeness (QED) is 0.237. The van der Waals surface area contributed by atoms with Gasteiger partial charge >= 0.3 is 0 Å². The zero-order chi connectivity index (χ0) is 27.6. The summed E-state index contributed by atoms with van der Waals surface area (Å²) < 4.78 is 3.66. The molecule has 6 heteroatoms. The topological polar surface area (TPSA) is 68.2 Å². The molecular formula is C35H27N5O. The Morgan fingerprint density at radius 1 is 0.585 bits per heavy atom. The summed E-state index contributed by atoms with van der Waals surface area (Å²) >= 11 is 0. The van der Waals surface area contributed by atoms with Crippen molar-refractivity contribution in [1.29, 1.82) is 0 Å². The van der Waals surface area contributed by atoms with Crippen molar-refractivity contribution in [2.24, 2.45) is 0 Å². The minimum Gasteiger partial charge on any atom is -0.493 e. The largest absolute Gasteiger partial charge is 0.493 e. The first-order valence-corrected chi connectivity index (χ1v) is 13.6. The number of aromatic hydroxyl groups is 1. The Hall–Kier alpha value is -5.49. The van der Waals surface area contributed by atoms with Crippen LogP contribution in [0, 0.1) is 0 Å². The van der Waals surface area contributed by atoms with Crippen LogP contribution in [-0.2, 0) is 12.8 Å². The van der Waals surface area contributed by atoms with Crippen molar-refractivity contribution >= 4 is 5.65 Å². The van der Waals surface area contributed by atoms with Crippen LogP contribution in [0.25, 0.3) is 33.8 Å². The van der Waals surface area contributed by atoms with E-state index in [4.69, 9.17) is 15.1 Å². The van der Waals surface area contributed by atoms with Gasteiger partial charge in [0.1, 0.15) is 5.69 Å². The molecule has 3 aromatic heterocycles. The van der Waals surface area contributed by atoms with Gasteiger partial charge in [0.05, 0.1) is 22.8 Å². The van der Waals surface area contributed by atoms with Gasteiger partial charge < -0.3 is 5.11 Å². The number of imidazole rings is 1. The van der Waals surface area contributed by atoms with E-state index in [1.807, 2.05) is 114 Å². The molecule has 0 aliphatic rings. The molecule has 0 bridgehead atoms. The molecule has 3 heterocycles. The summed E-state index contributed by atoms with van der Waals surface area (Å²) in [6, 6.07) is 40.4. The van der Waals surface area contributed by atoms with Gasteiger partial charge in [-0.2, -0.15) is 5.10 Å². The Labute approximate surface area is 237 Å². The van der Waals surface area contributed by atoms with Crippen molar-refractivity contribution in [3.8, 4) is 34.1 Å². The van der Waals surface area contributed by atoms with Gasteiger partial charge in [-0.05, 0) is 17.7 Å². The zero-order valence-corrected chi connectivity index (χ0v) is 22.3. The van der Waals surface area contributed by atoms with Crippen molar-refractivity contribution < 1.29 is 5.11 Å². The van der Waals surface area contributed by atoms with Gasteiger partial charge in [0.25, 0.3) is 0 Å². The van der Waals surface area contributed by atoms with Crippen molar-refractivity contribution in [2.75, 3.05) is 0 Å². The van der Waals surface area contributed by atoms with Crippen molar-refractivity contribution in [1.82, 2.24) is 24.1 Å². The summed E-state index contributed by atoms with van der Waals surface area (Å²) in [6.07, 6.45) is 4.91. The number of fused-ring (bicyclic) bond motifs is 1. The van der Waals surface area contributed by atoms with Crippen LogP contribution >= 0.6 is 0 Å². The van der Waals surface area contributed by atoms with E-state index in [1.54, 1.807) is 4.40 Å². The lowest BCUT2D eigenvalue weighted by molar-refractivity contribution is 0.442. The smallest absolute Gasteiger partial charge is 0.219 e. The third-order valence-electron chi connectivity index (χ3n) is 7.22. The molecule has 1 N–H and O–H groups in total. The van der Waals surface area contributed by atoms with E-state index >= 15 is 0 Å². The summed E-state index contributed by atoms with van der Waals surface area (Å²) in [6.45, 7) is 0. The lowest BCUT2D eigenvalue weighted by Gasteiger charge is -2.08. The lowest BCUT2D eigenvalue weighted by Crippen LogP contribution is -2.00. The highest BCUT2D eigenvalue weighted by Gasteiger charge is 2.21. The number of benzene rings is 4. The van der Waals surface area contributed by atoms with Crippen LogP contribution in [0.1, 0.15) is 22.5 Å². The Bertz CT molecular complexity index is 1930. The average molecular weight is 534 g/mol. The predicted molar refractivity (Wildman–Crippen MR) is 161 cm³/mol. The predicted octanol–water partition coefficient (Wildman–Crippen LogP) is 7.14. The number of aromatic nitrogens is 5. The van der Waals surface area contributed by atoms with Crippen molar-refractivity contribution in [3.05, 3.63) is 156 Å². The number of rotatable bonds is 7. The van der Waals surface area contributed by atoms with Crippen molar-refractivity contribution in [2.45, 2.75) is 12.8 Å². The van der Waals surface area contributed by atoms with Crippen molar-refractivity contribution in [3.63, 3.8) is 0 Å². The Balaban J connectivity index is 1.36. The fourth-order valence-corrected chi connectivity index (χ4v) is 5.19. The van der Waals surface area contributed by atoms with Crippen LogP contribution < -0.4 is 0 Å². The van der Waals surface area contributed by atoms with Crippen LogP contribution in [0.4, 0.5) is 0 Å². The molecule has 0 spiro atoms. The fourth-order valence-electron chi connectivity index (χ4n) is 5.19. The van der Waals surface area contributed by atoms with Crippen LogP contribution in [0.2, 0.25) is 0 Å². The minimum atomic E-state index is 0.111. The maximum atomic E-state index is 11.5. The maximum Gasteiger partial charge on any atom is 0.219 e. The molecule has 0 aliphatic carbocycles. The molecule has 7 rings (SSSR count). The Morgan fingerprint density at radius 2 is 1.20 bits per heavy atom. The van der Waals surface area contributed by atoms with Crippen LogP contribution in [0.15, 0.2) is 134 Å². The number of hydrogen-bond donors (Lipinski definition) is 1. The molecule has 0 atom stereocenters. The second-order valence-corrected chi connectivity index (χ2v) is 10.0. The highest BCUT2D eigenvalue weighted by molar-refractivity contribution is 5.66. The molecular weight excluding hydrogens is 506 g/mol. The normalized spacial score (nSPS) is 11.2. The SMILES string of the molecule is Oc1c(Cc2cn(-c3ccccc3)nc2-c2ccccc2)nc2c(Cc3ccccc3)nc(-c3ccccc3)cn12. The van der Waals surface area contributed by atoms with Gasteiger partial charge in [-0.3, -0.25) is 4.40 Å². The molecule has 0 saturated heterocycles. The molecule has 7 aromatic rings. The van der Waals surface area contributed by atoms with E-state index in [9.17, 15) is 5.11 Å². The van der Waals surface area contributed by atoms with E-state index in [1.165, 1.54) is 0 Å². The molecule has 41 heavy (non-hydrogen) atoms. The average Bonchev–Trinajstić information content (AvgIpc) is 3.60. The molecule has 0 saturated carbocycles. The summed E-state index contributed by atoms with van der Waals surface area (Å²) in [5.41, 5.74) is 8.75. The van der Waals surface area contributed by atoms with Gasteiger partial charge in [0.15, 0.2) is 5.65 Å². The molecule has 0 unspecified atom stereocenters. The summed E-state index contributed by atoms with van der Waals surface area (Å²) in [4.78, 5) is 9.99. The van der Waals surface area contributed by atoms with Gasteiger partial charge in [0, 0.05) is 41.9 Å². The first kappa shape index (κ1) is 24.5. The van der Waals surface area contributed by atoms with Crippen LogP contribution in [-0.4, -0.2) is 29.3 Å². The van der Waals surface area contributed by atoms with Gasteiger partial charge in [0.2, 0.25) is 5.88 Å². The summed E-state index contributed by atoms with van der Waals surface area (Å²) in [5.74, 6) is 0.111. The standard InChI is InChI=1S/C35H27N5O/c41-35-31(22-28-23-40(29-19-11-4-12-20-29)38-33(28)27-17-9-3-10-18-27)37-34-30(21-25-13-5-1-6-14-25)36-32(24-39(34)35)26-15-7-2-8-16-26/h1-20,23-24,41H,21-22H2. The maximum absolute atomic E-state index is 11.5. The van der Waals surface area contributed by atoms with Gasteiger partial charge in [-0.25, -0.2) is 14.6 Å². The highest BCUT2D eigenvalue weighted by atomic mass is 16.3. The monoisotopic (exact) mass is 533 g/mol. The molecule has 0 aliphatic heterocycles. The van der Waals surface area contributed by atoms with Crippen LogP contribution in [0.5, 0.6) is 5.88 Å². The zero-order valence-electron chi connectivity index (χ0n) is 22.3. The minimum absolute atomic E-state index is 0.111. The summed E-state index contributed by atoms with van der Waals surface area (Å²) in [7, 11) is 0. The van der Waals surface area contributed by atoms with Gasteiger partial charge in [-0.1, -0.05) is 109 Å². The third-order valence-corrected chi connectivity index (χ3v) is 7.22. The number of para-hydroxylation sites is 1. The van der Waals surface area contributed by atoms with Crippen LogP contribution in [0.3, 0.4) is 0 Å². The molecule has 0 fully saturated rings. The van der Waals surface area contributed by atoms with Gasteiger partial charge in [-0.15, -0.1) is 0 Å². The molecule has 198 valence electrons. The lowest BCUT2D eigenvalue weighted by atomic mass is 10.0. The molecule has 6 nitrogen and oxygen atoms in total. The fraction of sp³-hybridized carbons (Fsp3) is 0.0571. The number of hydrogen-bond acceptors (Lipinski definition) is 4. The van der Waals surface area contributed by atoms with E-state index < -0.39 is 0 Å². The Kier molecular flexibility index (Phi) is 6.34. The molecule has 4 aromatic carbocycles. The van der Waals surface area contributed by atoms with E-state index in [-0.39, 0.29) is 5.88 Å². The highest BCUT2D eigenvalue weighted by Crippen LogP contribution is 2.31. The van der Waals surface area contributed by atoms with E-state index in [0.29, 0.717) is 24.2 Å². The summed E-state index contributed by atoms with van der Waals surface area (Å²) in [5, 5.41) is 16.5.